The summed E-state index contributed by atoms with van der Waals surface area (Å²) in [7, 11) is 1.27. The fourth-order valence-corrected chi connectivity index (χ4v) is 1.57. The number of rotatable bonds is 5. The number of ether oxygens (including phenoxy) is 2. The predicted octanol–water partition coefficient (Wildman–Crippen LogP) is 3.02. The van der Waals surface area contributed by atoms with E-state index in [0.29, 0.717) is 17.1 Å². The number of nitrogens with one attached hydrogen (secondary N) is 2. The highest BCUT2D eigenvalue weighted by atomic mass is 35.5. The van der Waals surface area contributed by atoms with E-state index in [4.69, 9.17) is 16.3 Å². The Bertz CT molecular complexity index is 467. The lowest BCUT2D eigenvalue weighted by atomic mass is 10.2. The van der Waals surface area contributed by atoms with Crippen LogP contribution in [0.4, 0.5) is 15.3 Å². The van der Waals surface area contributed by atoms with Gasteiger partial charge in [0.2, 0.25) is 0 Å². The topological polar surface area (TPSA) is 76.7 Å². The summed E-state index contributed by atoms with van der Waals surface area (Å²) in [6, 6.07) is 6.41. The van der Waals surface area contributed by atoms with Gasteiger partial charge in [0.25, 0.3) is 0 Å². The summed E-state index contributed by atoms with van der Waals surface area (Å²) < 4.78 is 9.50. The summed E-state index contributed by atoms with van der Waals surface area (Å²) in [6.07, 6.45) is -0.562. The minimum absolute atomic E-state index is 0.0536. The van der Waals surface area contributed by atoms with Gasteiger partial charge >= 0.3 is 12.2 Å². The maximum Gasteiger partial charge on any atom is 0.411 e. The lowest BCUT2D eigenvalue weighted by Crippen LogP contribution is -2.38. The first-order valence-corrected chi connectivity index (χ1v) is 6.46. The molecular formula is C13H17ClN2O4. The van der Waals surface area contributed by atoms with E-state index in [1.54, 1.807) is 24.3 Å². The molecule has 0 fully saturated rings. The van der Waals surface area contributed by atoms with Crippen molar-refractivity contribution in [3.8, 4) is 0 Å². The number of anilines is 1. The van der Waals surface area contributed by atoms with E-state index in [9.17, 15) is 9.59 Å². The Balaban J connectivity index is 2.40. The van der Waals surface area contributed by atoms with E-state index in [0.717, 1.165) is 0 Å². The van der Waals surface area contributed by atoms with Crippen LogP contribution in [0.2, 0.25) is 5.02 Å². The fourth-order valence-electron chi connectivity index (χ4n) is 1.38. The number of hydrogen-bond donors (Lipinski definition) is 2. The quantitative estimate of drug-likeness (QED) is 0.876. The molecule has 0 radical (unpaired) electrons. The Morgan fingerprint density at radius 3 is 2.70 bits per heavy atom. The molecule has 6 nitrogen and oxygen atoms in total. The molecule has 1 atom stereocenters. The van der Waals surface area contributed by atoms with Crippen LogP contribution in [0.5, 0.6) is 0 Å². The number of benzene rings is 1. The summed E-state index contributed by atoms with van der Waals surface area (Å²) in [5, 5.41) is 5.61. The van der Waals surface area contributed by atoms with Crippen molar-refractivity contribution in [3.05, 3.63) is 29.3 Å². The van der Waals surface area contributed by atoms with Crippen molar-refractivity contribution in [1.29, 1.82) is 0 Å². The standard InChI is InChI=1S/C13H17ClN2O4/c1-3-10(15-12(17)19-2)8-20-13(18)16-11-6-4-5-9(14)7-11/h4-7,10H,3,8H2,1-2H3,(H,15,17)(H,16,18)/t10-/m0/s1. The molecule has 0 aliphatic rings. The van der Waals surface area contributed by atoms with Crippen molar-refractivity contribution in [3.63, 3.8) is 0 Å². The van der Waals surface area contributed by atoms with Gasteiger partial charge in [0.15, 0.2) is 0 Å². The molecule has 110 valence electrons. The first kappa shape index (κ1) is 16.1. The maximum absolute atomic E-state index is 11.6. The molecule has 0 aromatic heterocycles. The van der Waals surface area contributed by atoms with Gasteiger partial charge in [-0.15, -0.1) is 0 Å². The fraction of sp³-hybridized carbons (Fsp3) is 0.385. The Morgan fingerprint density at radius 1 is 1.35 bits per heavy atom. The molecule has 0 aliphatic carbocycles. The zero-order valence-electron chi connectivity index (χ0n) is 11.3. The number of halogens is 1. The summed E-state index contributed by atoms with van der Waals surface area (Å²) >= 11 is 5.80. The van der Waals surface area contributed by atoms with Gasteiger partial charge in [-0.2, -0.15) is 0 Å². The third kappa shape index (κ3) is 5.79. The van der Waals surface area contributed by atoms with Crippen molar-refractivity contribution < 1.29 is 19.1 Å². The number of alkyl carbamates (subject to hydrolysis) is 1. The number of methoxy groups -OCH3 is 1. The van der Waals surface area contributed by atoms with E-state index < -0.39 is 12.2 Å². The van der Waals surface area contributed by atoms with Crippen molar-refractivity contribution in [2.24, 2.45) is 0 Å². The van der Waals surface area contributed by atoms with Crippen LogP contribution in [0.1, 0.15) is 13.3 Å². The Labute approximate surface area is 122 Å². The highest BCUT2D eigenvalue weighted by Crippen LogP contribution is 2.14. The maximum atomic E-state index is 11.6. The van der Waals surface area contributed by atoms with Crippen LogP contribution in [0.3, 0.4) is 0 Å². The normalized spacial score (nSPS) is 11.3. The van der Waals surface area contributed by atoms with Crippen LogP contribution in [0.15, 0.2) is 24.3 Å². The smallest absolute Gasteiger partial charge is 0.411 e. The Hall–Kier alpha value is -1.95. The SMILES string of the molecule is CC[C@@H](COC(=O)Nc1cccc(Cl)c1)NC(=O)OC. The van der Waals surface area contributed by atoms with Crippen molar-refractivity contribution in [2.75, 3.05) is 19.0 Å². The first-order chi connectivity index (χ1) is 9.55. The number of carbonyl (C=O) groups is 2. The second-order valence-corrected chi connectivity index (χ2v) is 4.41. The predicted molar refractivity (Wildman–Crippen MR) is 76.0 cm³/mol. The highest BCUT2D eigenvalue weighted by molar-refractivity contribution is 6.30. The van der Waals surface area contributed by atoms with Gasteiger partial charge in [0, 0.05) is 10.7 Å². The Kier molecular flexibility index (Phi) is 6.66. The lowest BCUT2D eigenvalue weighted by molar-refractivity contribution is 0.135. The molecule has 0 heterocycles. The molecule has 0 unspecified atom stereocenters. The molecule has 7 heteroatoms. The van der Waals surface area contributed by atoms with Crippen LogP contribution in [0, 0.1) is 0 Å². The molecule has 0 aliphatic heterocycles. The van der Waals surface area contributed by atoms with Gasteiger partial charge in [0.05, 0.1) is 13.2 Å². The molecule has 20 heavy (non-hydrogen) atoms. The molecule has 1 aromatic carbocycles. The molecule has 0 saturated heterocycles. The Morgan fingerprint density at radius 2 is 2.10 bits per heavy atom. The molecule has 2 N–H and O–H groups in total. The van der Waals surface area contributed by atoms with Crippen molar-refractivity contribution in [2.45, 2.75) is 19.4 Å². The van der Waals surface area contributed by atoms with Gasteiger partial charge < -0.3 is 14.8 Å². The van der Waals surface area contributed by atoms with E-state index in [1.807, 2.05) is 6.92 Å². The molecule has 2 amide bonds. The van der Waals surface area contributed by atoms with Crippen LogP contribution < -0.4 is 10.6 Å². The summed E-state index contributed by atoms with van der Waals surface area (Å²) in [5.74, 6) is 0. The van der Waals surface area contributed by atoms with Gasteiger partial charge in [-0.05, 0) is 24.6 Å². The second kappa shape index (κ2) is 8.27. The van der Waals surface area contributed by atoms with Gasteiger partial charge in [-0.1, -0.05) is 24.6 Å². The molecular weight excluding hydrogens is 284 g/mol. The van der Waals surface area contributed by atoms with Gasteiger partial charge in [-0.3, -0.25) is 5.32 Å². The van der Waals surface area contributed by atoms with Gasteiger partial charge in [-0.25, -0.2) is 9.59 Å². The van der Waals surface area contributed by atoms with Crippen LogP contribution in [-0.4, -0.2) is 31.9 Å². The third-order valence-electron chi connectivity index (χ3n) is 2.49. The van der Waals surface area contributed by atoms with Crippen LogP contribution in [-0.2, 0) is 9.47 Å². The molecule has 0 saturated carbocycles. The van der Waals surface area contributed by atoms with Crippen molar-refractivity contribution in [1.82, 2.24) is 5.32 Å². The average Bonchev–Trinajstić information content (AvgIpc) is 2.43. The minimum atomic E-state index is -0.614. The molecule has 0 spiro atoms. The molecule has 1 rings (SSSR count). The monoisotopic (exact) mass is 300 g/mol. The van der Waals surface area contributed by atoms with E-state index >= 15 is 0 Å². The summed E-state index contributed by atoms with van der Waals surface area (Å²) in [4.78, 5) is 22.6. The number of carbonyl (C=O) groups excluding carboxylic acids is 2. The number of amides is 2. The van der Waals surface area contributed by atoms with Crippen LogP contribution >= 0.6 is 11.6 Å². The van der Waals surface area contributed by atoms with E-state index in [1.165, 1.54) is 7.11 Å². The minimum Gasteiger partial charge on any atom is -0.453 e. The summed E-state index contributed by atoms with van der Waals surface area (Å²) in [5.41, 5.74) is 0.538. The second-order valence-electron chi connectivity index (χ2n) is 3.97. The van der Waals surface area contributed by atoms with Crippen LogP contribution in [0.25, 0.3) is 0 Å². The van der Waals surface area contributed by atoms with E-state index in [-0.39, 0.29) is 12.6 Å². The van der Waals surface area contributed by atoms with Gasteiger partial charge in [0.1, 0.15) is 6.61 Å². The summed E-state index contributed by atoms with van der Waals surface area (Å²) in [6.45, 7) is 1.91. The lowest BCUT2D eigenvalue weighted by Gasteiger charge is -2.16. The highest BCUT2D eigenvalue weighted by Gasteiger charge is 2.13. The first-order valence-electron chi connectivity index (χ1n) is 6.09. The zero-order valence-corrected chi connectivity index (χ0v) is 12.1. The molecule has 0 bridgehead atoms. The van der Waals surface area contributed by atoms with E-state index in [2.05, 4.69) is 15.4 Å². The van der Waals surface area contributed by atoms with Crippen molar-refractivity contribution >= 4 is 29.5 Å². The largest absolute Gasteiger partial charge is 0.453 e. The third-order valence-corrected chi connectivity index (χ3v) is 2.72. The number of hydrogen-bond acceptors (Lipinski definition) is 4. The average molecular weight is 301 g/mol. The molecule has 1 aromatic rings. The zero-order chi connectivity index (χ0) is 15.0.